The third kappa shape index (κ3) is 7.08. The van der Waals surface area contributed by atoms with E-state index in [0.717, 1.165) is 31.0 Å². The molecule has 0 aromatic rings. The second-order valence-electron chi connectivity index (χ2n) is 8.59. The smallest absolute Gasteiger partial charge is 0.147 e. The molecule has 1 saturated heterocycles. The van der Waals surface area contributed by atoms with Gasteiger partial charge >= 0.3 is 0 Å². The monoisotopic (exact) mass is 327 g/mol. The van der Waals surface area contributed by atoms with Crippen LogP contribution >= 0.6 is 0 Å². The van der Waals surface area contributed by atoms with Gasteiger partial charge in [0.2, 0.25) is 0 Å². The van der Waals surface area contributed by atoms with Gasteiger partial charge in [-0.2, -0.15) is 5.01 Å². The SMILES string of the molecule is CCC[N+](CC)(CC(C)C)CN1CC(C)CN1CNCC(C)C. The third-order valence-corrected chi connectivity index (χ3v) is 4.88. The van der Waals surface area contributed by atoms with E-state index in [1.165, 1.54) is 50.3 Å². The third-order valence-electron chi connectivity index (χ3n) is 4.88. The molecule has 0 saturated carbocycles. The molecule has 4 nitrogen and oxygen atoms in total. The molecule has 1 heterocycles. The van der Waals surface area contributed by atoms with Gasteiger partial charge in [-0.1, -0.05) is 41.5 Å². The number of hydrogen-bond acceptors (Lipinski definition) is 3. The van der Waals surface area contributed by atoms with E-state index in [9.17, 15) is 0 Å². The van der Waals surface area contributed by atoms with E-state index in [0.29, 0.717) is 0 Å². The lowest BCUT2D eigenvalue weighted by Gasteiger charge is -2.43. The van der Waals surface area contributed by atoms with Crippen LogP contribution in [0.1, 0.15) is 54.9 Å². The van der Waals surface area contributed by atoms with Crippen LogP contribution in [-0.4, -0.2) is 67.1 Å². The van der Waals surface area contributed by atoms with E-state index < -0.39 is 0 Å². The van der Waals surface area contributed by atoms with Crippen molar-refractivity contribution in [3.05, 3.63) is 0 Å². The molecule has 0 aliphatic carbocycles. The van der Waals surface area contributed by atoms with Gasteiger partial charge in [0.25, 0.3) is 0 Å². The molecule has 2 unspecified atom stereocenters. The van der Waals surface area contributed by atoms with Crippen molar-refractivity contribution in [2.75, 3.05) is 52.6 Å². The zero-order chi connectivity index (χ0) is 17.5. The molecular formula is C19H43N4+. The molecule has 2 atom stereocenters. The van der Waals surface area contributed by atoms with Gasteiger partial charge in [-0.15, -0.1) is 0 Å². The first-order valence-electron chi connectivity index (χ1n) is 9.87. The first-order chi connectivity index (χ1) is 10.8. The van der Waals surface area contributed by atoms with E-state index in [2.05, 4.69) is 63.8 Å². The number of quaternary nitrogens is 1. The average Bonchev–Trinajstić information content (AvgIpc) is 2.77. The van der Waals surface area contributed by atoms with Crippen LogP contribution in [-0.2, 0) is 0 Å². The Balaban J connectivity index is 2.70. The summed E-state index contributed by atoms with van der Waals surface area (Å²) in [7, 11) is 0. The number of rotatable bonds is 11. The molecule has 0 radical (unpaired) electrons. The highest BCUT2D eigenvalue weighted by Gasteiger charge is 2.35. The number of hydrazine groups is 1. The first kappa shape index (κ1) is 20.9. The van der Waals surface area contributed by atoms with Gasteiger partial charge in [0.05, 0.1) is 26.3 Å². The lowest BCUT2D eigenvalue weighted by atomic mass is 10.1. The summed E-state index contributed by atoms with van der Waals surface area (Å²) in [6.45, 7) is 25.9. The van der Waals surface area contributed by atoms with Crippen molar-refractivity contribution in [3.8, 4) is 0 Å². The normalized spacial score (nSPS) is 23.1. The highest BCUT2D eigenvalue weighted by atomic mass is 15.7. The van der Waals surface area contributed by atoms with Crippen molar-refractivity contribution in [1.82, 2.24) is 15.3 Å². The predicted molar refractivity (Wildman–Crippen MR) is 101 cm³/mol. The van der Waals surface area contributed by atoms with Crippen LogP contribution in [0, 0.1) is 17.8 Å². The summed E-state index contributed by atoms with van der Waals surface area (Å²) in [6, 6.07) is 0. The molecule has 0 aromatic carbocycles. The molecule has 0 amide bonds. The molecule has 0 bridgehead atoms. The van der Waals surface area contributed by atoms with Crippen LogP contribution in [0.4, 0.5) is 0 Å². The molecule has 0 aromatic heterocycles. The maximum atomic E-state index is 3.63. The Hall–Kier alpha value is -0.160. The molecule has 1 fully saturated rings. The summed E-state index contributed by atoms with van der Waals surface area (Å²) in [5.74, 6) is 2.25. The highest BCUT2D eigenvalue weighted by Crippen LogP contribution is 2.21. The van der Waals surface area contributed by atoms with Crippen molar-refractivity contribution in [1.29, 1.82) is 0 Å². The van der Waals surface area contributed by atoms with Crippen molar-refractivity contribution in [2.24, 2.45) is 17.8 Å². The molecule has 4 heteroatoms. The van der Waals surface area contributed by atoms with E-state index in [4.69, 9.17) is 0 Å². The molecule has 138 valence electrons. The van der Waals surface area contributed by atoms with Crippen molar-refractivity contribution >= 4 is 0 Å². The fourth-order valence-corrected chi connectivity index (χ4v) is 4.00. The van der Waals surface area contributed by atoms with Crippen LogP contribution in [0.25, 0.3) is 0 Å². The fraction of sp³-hybridized carbons (Fsp3) is 1.00. The standard InChI is InChI=1S/C19H43N4/c1-8-10-23(9-2,14-18(5)6)16-22-13-19(7)12-21(22)15-20-11-17(3)4/h17-20H,8-16H2,1-7H3/q+1. The van der Waals surface area contributed by atoms with Crippen molar-refractivity contribution < 1.29 is 4.48 Å². The molecule has 1 aliphatic rings. The van der Waals surface area contributed by atoms with Gasteiger partial charge < -0.3 is 9.80 Å². The molecule has 1 aliphatic heterocycles. The largest absolute Gasteiger partial charge is 0.310 e. The number of hydrogen-bond donors (Lipinski definition) is 1. The highest BCUT2D eigenvalue weighted by molar-refractivity contribution is 4.72. The van der Waals surface area contributed by atoms with Gasteiger partial charge in [-0.05, 0) is 31.7 Å². The number of nitrogens with zero attached hydrogens (tertiary/aromatic N) is 3. The second-order valence-corrected chi connectivity index (χ2v) is 8.59. The Bertz CT molecular complexity index is 318. The van der Waals surface area contributed by atoms with Crippen LogP contribution < -0.4 is 5.32 Å². The molecule has 1 rings (SSSR count). The van der Waals surface area contributed by atoms with E-state index in [-0.39, 0.29) is 0 Å². The van der Waals surface area contributed by atoms with E-state index in [1.807, 2.05) is 0 Å². The minimum absolute atomic E-state index is 0.718. The Labute approximate surface area is 145 Å². The Kier molecular flexibility index (Phi) is 9.06. The van der Waals surface area contributed by atoms with Gasteiger partial charge in [-0.3, -0.25) is 0 Å². The summed E-state index contributed by atoms with van der Waals surface area (Å²) in [5.41, 5.74) is 0. The van der Waals surface area contributed by atoms with Crippen molar-refractivity contribution in [2.45, 2.75) is 54.9 Å². The lowest BCUT2D eigenvalue weighted by molar-refractivity contribution is -0.940. The van der Waals surface area contributed by atoms with Crippen LogP contribution in [0.15, 0.2) is 0 Å². The van der Waals surface area contributed by atoms with Crippen LogP contribution in [0.2, 0.25) is 0 Å². The lowest BCUT2D eigenvalue weighted by Crippen LogP contribution is -2.59. The Morgan fingerprint density at radius 3 is 2.22 bits per heavy atom. The van der Waals surface area contributed by atoms with E-state index in [1.54, 1.807) is 0 Å². The van der Waals surface area contributed by atoms with Crippen molar-refractivity contribution in [3.63, 3.8) is 0 Å². The summed E-state index contributed by atoms with van der Waals surface area (Å²) in [4.78, 5) is 0. The molecule has 1 N–H and O–H groups in total. The average molecular weight is 328 g/mol. The first-order valence-corrected chi connectivity index (χ1v) is 9.87. The summed E-state index contributed by atoms with van der Waals surface area (Å²) < 4.78 is 1.24. The summed E-state index contributed by atoms with van der Waals surface area (Å²) >= 11 is 0. The van der Waals surface area contributed by atoms with Gasteiger partial charge in [0.1, 0.15) is 6.67 Å². The Morgan fingerprint density at radius 2 is 1.70 bits per heavy atom. The van der Waals surface area contributed by atoms with E-state index >= 15 is 0 Å². The number of nitrogens with one attached hydrogen (secondary N) is 1. The quantitative estimate of drug-likeness (QED) is 0.588. The summed E-state index contributed by atoms with van der Waals surface area (Å²) in [5, 5.41) is 8.83. The fourth-order valence-electron chi connectivity index (χ4n) is 4.00. The minimum Gasteiger partial charge on any atom is -0.310 e. The predicted octanol–water partition coefficient (Wildman–Crippen LogP) is 3.22. The Morgan fingerprint density at radius 1 is 1.04 bits per heavy atom. The molecular weight excluding hydrogens is 284 g/mol. The summed E-state index contributed by atoms with van der Waals surface area (Å²) in [6.07, 6.45) is 1.27. The molecule has 23 heavy (non-hydrogen) atoms. The maximum absolute atomic E-state index is 3.63. The van der Waals surface area contributed by atoms with Crippen LogP contribution in [0.5, 0.6) is 0 Å². The minimum atomic E-state index is 0.718. The molecule has 0 spiro atoms. The zero-order valence-corrected chi connectivity index (χ0v) is 16.9. The topological polar surface area (TPSA) is 18.5 Å². The van der Waals surface area contributed by atoms with Crippen LogP contribution in [0.3, 0.4) is 0 Å². The van der Waals surface area contributed by atoms with Gasteiger partial charge in [0.15, 0.2) is 0 Å². The second kappa shape index (κ2) is 9.97. The van der Waals surface area contributed by atoms with Gasteiger partial charge in [-0.25, -0.2) is 5.01 Å². The zero-order valence-electron chi connectivity index (χ0n) is 16.9. The van der Waals surface area contributed by atoms with Gasteiger partial charge in [0, 0.05) is 19.0 Å². The maximum Gasteiger partial charge on any atom is 0.147 e.